The van der Waals surface area contributed by atoms with Gasteiger partial charge in [-0.1, -0.05) is 13.3 Å². The molecule has 1 fully saturated rings. The van der Waals surface area contributed by atoms with Gasteiger partial charge in [0.15, 0.2) is 0 Å². The van der Waals surface area contributed by atoms with Gasteiger partial charge in [0.25, 0.3) is 0 Å². The maximum Gasteiger partial charge on any atom is 0.317 e. The van der Waals surface area contributed by atoms with Gasteiger partial charge in [-0.25, -0.2) is 4.79 Å². The number of hydrogen-bond donors (Lipinski definition) is 2. The highest BCUT2D eigenvalue weighted by Crippen LogP contribution is 2.48. The lowest BCUT2D eigenvalue weighted by molar-refractivity contribution is 0.118. The summed E-state index contributed by atoms with van der Waals surface area (Å²) in [6.45, 7) is 9.02. The van der Waals surface area contributed by atoms with Crippen LogP contribution in [-0.4, -0.2) is 41.3 Å². The number of aliphatic hydroxyl groups excluding tert-OH is 1. The van der Waals surface area contributed by atoms with Crippen LogP contribution in [0.5, 0.6) is 0 Å². The first-order valence-corrected chi connectivity index (χ1v) is 7.13. The zero-order chi connectivity index (χ0) is 13.8. The molecular formula is C14H28N2O2. The average Bonchev–Trinajstić information content (AvgIpc) is 3.03. The molecule has 1 rings (SSSR count). The predicted molar refractivity (Wildman–Crippen MR) is 73.5 cm³/mol. The summed E-state index contributed by atoms with van der Waals surface area (Å²) >= 11 is 0. The largest absolute Gasteiger partial charge is 0.392 e. The summed E-state index contributed by atoms with van der Waals surface area (Å²) in [6, 6.07) is 0.0641. The second-order valence-electron chi connectivity index (χ2n) is 6.00. The Balaban J connectivity index is 2.42. The zero-order valence-corrected chi connectivity index (χ0v) is 12.2. The highest BCUT2D eigenvalue weighted by atomic mass is 16.3. The fourth-order valence-corrected chi connectivity index (χ4v) is 2.40. The maximum atomic E-state index is 12.1. The first-order chi connectivity index (χ1) is 8.40. The molecule has 0 aliphatic heterocycles. The molecule has 0 aromatic rings. The Labute approximate surface area is 111 Å². The third-order valence-electron chi connectivity index (χ3n) is 3.70. The van der Waals surface area contributed by atoms with E-state index in [2.05, 4.69) is 12.2 Å². The molecule has 0 radical (unpaired) electrons. The number of carbonyl (C=O) groups excluding carboxylic acids is 1. The molecule has 1 aliphatic rings. The van der Waals surface area contributed by atoms with Crippen molar-refractivity contribution < 1.29 is 9.90 Å². The van der Waals surface area contributed by atoms with E-state index in [0.717, 1.165) is 6.54 Å². The van der Waals surface area contributed by atoms with Crippen molar-refractivity contribution in [1.29, 1.82) is 0 Å². The highest BCUT2D eigenvalue weighted by Gasteiger charge is 2.41. The molecule has 0 aromatic heterocycles. The van der Waals surface area contributed by atoms with Crippen molar-refractivity contribution in [3.8, 4) is 0 Å². The van der Waals surface area contributed by atoms with Gasteiger partial charge < -0.3 is 15.3 Å². The van der Waals surface area contributed by atoms with Gasteiger partial charge in [-0.15, -0.1) is 0 Å². The van der Waals surface area contributed by atoms with Gasteiger partial charge in [0.1, 0.15) is 0 Å². The normalized spacial score (nSPS) is 18.6. The van der Waals surface area contributed by atoms with Crippen molar-refractivity contribution in [3.05, 3.63) is 0 Å². The minimum atomic E-state index is -0.483. The summed E-state index contributed by atoms with van der Waals surface area (Å²) in [5.74, 6) is 0. The van der Waals surface area contributed by atoms with E-state index in [1.165, 1.54) is 25.7 Å². The molecule has 4 heteroatoms. The van der Waals surface area contributed by atoms with Gasteiger partial charge in [-0.2, -0.15) is 0 Å². The molecule has 0 bridgehead atoms. The Morgan fingerprint density at radius 2 is 2.00 bits per heavy atom. The van der Waals surface area contributed by atoms with E-state index in [-0.39, 0.29) is 12.1 Å². The summed E-state index contributed by atoms with van der Waals surface area (Å²) < 4.78 is 0. The van der Waals surface area contributed by atoms with Crippen LogP contribution in [-0.2, 0) is 0 Å². The number of hydrogen-bond acceptors (Lipinski definition) is 2. The second-order valence-corrected chi connectivity index (χ2v) is 6.00. The topological polar surface area (TPSA) is 52.6 Å². The van der Waals surface area contributed by atoms with Crippen LogP contribution in [0.2, 0.25) is 0 Å². The summed E-state index contributed by atoms with van der Waals surface area (Å²) in [4.78, 5) is 13.8. The third-order valence-corrected chi connectivity index (χ3v) is 3.70. The Bertz CT molecular complexity index is 273. The predicted octanol–water partition coefficient (Wildman–Crippen LogP) is 2.37. The summed E-state index contributed by atoms with van der Waals surface area (Å²) in [7, 11) is 0. The lowest BCUT2D eigenvalue weighted by Gasteiger charge is -2.29. The number of nitrogens with one attached hydrogen (secondary N) is 1. The fraction of sp³-hybridized carbons (Fsp3) is 0.929. The second kappa shape index (κ2) is 6.41. The molecule has 106 valence electrons. The first-order valence-electron chi connectivity index (χ1n) is 7.13. The van der Waals surface area contributed by atoms with Crippen LogP contribution >= 0.6 is 0 Å². The molecule has 1 aliphatic carbocycles. The van der Waals surface area contributed by atoms with Crippen LogP contribution in [0.4, 0.5) is 4.79 Å². The van der Waals surface area contributed by atoms with Gasteiger partial charge in [0.2, 0.25) is 0 Å². The molecule has 2 N–H and O–H groups in total. The number of rotatable bonds is 7. The molecule has 1 atom stereocenters. The van der Waals surface area contributed by atoms with Gasteiger partial charge in [0.05, 0.1) is 6.10 Å². The Hall–Kier alpha value is -0.770. The average molecular weight is 256 g/mol. The first kappa shape index (κ1) is 15.3. The van der Waals surface area contributed by atoms with E-state index in [1.807, 2.05) is 13.8 Å². The van der Waals surface area contributed by atoms with Crippen LogP contribution in [0.1, 0.15) is 53.4 Å². The SMILES string of the molecule is CCCC1(CNC(=O)N(CC(C)O)C(C)C)CC1. The highest BCUT2D eigenvalue weighted by molar-refractivity contribution is 5.74. The molecule has 0 aromatic carbocycles. The Morgan fingerprint density at radius 3 is 2.39 bits per heavy atom. The van der Waals surface area contributed by atoms with E-state index in [4.69, 9.17) is 0 Å². The molecule has 0 heterocycles. The number of nitrogens with zero attached hydrogens (tertiary/aromatic N) is 1. The van der Waals surface area contributed by atoms with Gasteiger partial charge in [0, 0.05) is 19.1 Å². The van der Waals surface area contributed by atoms with E-state index in [1.54, 1.807) is 11.8 Å². The lowest BCUT2D eigenvalue weighted by Crippen LogP contribution is -2.48. The van der Waals surface area contributed by atoms with Crippen LogP contribution in [0, 0.1) is 5.41 Å². The number of amides is 2. The standard InChI is InChI=1S/C14H28N2O2/c1-5-6-14(7-8-14)10-15-13(18)16(11(2)3)9-12(4)17/h11-12,17H,5-10H2,1-4H3,(H,15,18). The molecule has 0 saturated heterocycles. The molecular weight excluding hydrogens is 228 g/mol. The Morgan fingerprint density at radius 1 is 1.39 bits per heavy atom. The summed E-state index contributed by atoms with van der Waals surface area (Å²) in [5.41, 5.74) is 0.373. The van der Waals surface area contributed by atoms with Gasteiger partial charge in [-0.3, -0.25) is 0 Å². The van der Waals surface area contributed by atoms with Gasteiger partial charge in [-0.05, 0) is 45.4 Å². The summed E-state index contributed by atoms with van der Waals surface area (Å²) in [5, 5.41) is 12.5. The quantitative estimate of drug-likeness (QED) is 0.734. The van der Waals surface area contributed by atoms with Crippen LogP contribution < -0.4 is 5.32 Å². The monoisotopic (exact) mass is 256 g/mol. The van der Waals surface area contributed by atoms with Crippen LogP contribution in [0.25, 0.3) is 0 Å². The molecule has 2 amide bonds. The number of carbonyl (C=O) groups is 1. The molecule has 0 spiro atoms. The zero-order valence-electron chi connectivity index (χ0n) is 12.2. The van der Waals surface area contributed by atoms with Crippen molar-refractivity contribution in [2.45, 2.75) is 65.5 Å². The van der Waals surface area contributed by atoms with Crippen molar-refractivity contribution >= 4 is 6.03 Å². The fourth-order valence-electron chi connectivity index (χ4n) is 2.40. The van der Waals surface area contributed by atoms with Crippen molar-refractivity contribution in [2.24, 2.45) is 5.41 Å². The lowest BCUT2D eigenvalue weighted by atomic mass is 10.0. The van der Waals surface area contributed by atoms with Crippen molar-refractivity contribution in [2.75, 3.05) is 13.1 Å². The molecule has 1 unspecified atom stereocenters. The van der Waals surface area contributed by atoms with Crippen LogP contribution in [0.3, 0.4) is 0 Å². The maximum absolute atomic E-state index is 12.1. The van der Waals surface area contributed by atoms with E-state index >= 15 is 0 Å². The third kappa shape index (κ3) is 4.48. The van der Waals surface area contributed by atoms with Crippen molar-refractivity contribution in [1.82, 2.24) is 10.2 Å². The number of aliphatic hydroxyl groups is 1. The van der Waals surface area contributed by atoms with Crippen LogP contribution in [0.15, 0.2) is 0 Å². The Kier molecular flexibility index (Phi) is 5.45. The van der Waals surface area contributed by atoms with E-state index < -0.39 is 6.10 Å². The molecule has 1 saturated carbocycles. The van der Waals surface area contributed by atoms with Gasteiger partial charge >= 0.3 is 6.03 Å². The van der Waals surface area contributed by atoms with E-state index in [9.17, 15) is 9.90 Å². The molecule has 4 nitrogen and oxygen atoms in total. The summed E-state index contributed by atoms with van der Waals surface area (Å²) in [6.07, 6.45) is 4.37. The minimum Gasteiger partial charge on any atom is -0.392 e. The van der Waals surface area contributed by atoms with E-state index in [0.29, 0.717) is 12.0 Å². The number of urea groups is 1. The minimum absolute atomic E-state index is 0.0479. The smallest absolute Gasteiger partial charge is 0.317 e. The molecule has 18 heavy (non-hydrogen) atoms. The van der Waals surface area contributed by atoms with Crippen molar-refractivity contribution in [3.63, 3.8) is 0 Å².